The Morgan fingerprint density at radius 1 is 1.07 bits per heavy atom. The van der Waals surface area contributed by atoms with E-state index in [1.54, 1.807) is 7.11 Å². The molecule has 0 aliphatic carbocycles. The molecule has 0 spiro atoms. The molecule has 2 aromatic carbocycles. The SMILES string of the molecule is COc1cc(C)ccc1OCCN1CCN(Cc2ccccc2)C(=O)C1C. The quantitative estimate of drug-likeness (QED) is 0.753. The van der Waals surface area contributed by atoms with E-state index in [4.69, 9.17) is 9.47 Å². The van der Waals surface area contributed by atoms with Crippen LogP contribution in [0.2, 0.25) is 0 Å². The van der Waals surface area contributed by atoms with Gasteiger partial charge in [0.2, 0.25) is 5.91 Å². The highest BCUT2D eigenvalue weighted by molar-refractivity contribution is 5.82. The number of rotatable bonds is 7. The molecular formula is C22H28N2O3. The highest BCUT2D eigenvalue weighted by Gasteiger charge is 2.31. The summed E-state index contributed by atoms with van der Waals surface area (Å²) >= 11 is 0. The first-order chi connectivity index (χ1) is 13.1. The molecule has 144 valence electrons. The van der Waals surface area contributed by atoms with Crippen LogP contribution in [0.4, 0.5) is 0 Å². The Balaban J connectivity index is 1.52. The lowest BCUT2D eigenvalue weighted by Gasteiger charge is -2.39. The Morgan fingerprint density at radius 3 is 2.59 bits per heavy atom. The predicted octanol–water partition coefficient (Wildman–Crippen LogP) is 3.12. The van der Waals surface area contributed by atoms with Gasteiger partial charge in [0.15, 0.2) is 11.5 Å². The van der Waals surface area contributed by atoms with Gasteiger partial charge in [-0.1, -0.05) is 36.4 Å². The Hall–Kier alpha value is -2.53. The lowest BCUT2D eigenvalue weighted by atomic mass is 10.1. The Morgan fingerprint density at radius 2 is 1.85 bits per heavy atom. The first kappa shape index (κ1) is 19.2. The van der Waals surface area contributed by atoms with Crippen molar-refractivity contribution in [3.63, 3.8) is 0 Å². The highest BCUT2D eigenvalue weighted by Crippen LogP contribution is 2.27. The number of methoxy groups -OCH3 is 1. The van der Waals surface area contributed by atoms with E-state index >= 15 is 0 Å². The molecule has 1 atom stereocenters. The summed E-state index contributed by atoms with van der Waals surface area (Å²) in [5.41, 5.74) is 2.30. The normalized spacial score (nSPS) is 17.8. The second kappa shape index (κ2) is 8.91. The first-order valence-corrected chi connectivity index (χ1v) is 9.42. The van der Waals surface area contributed by atoms with Crippen LogP contribution in [0.1, 0.15) is 18.1 Å². The molecule has 1 aliphatic heterocycles. The summed E-state index contributed by atoms with van der Waals surface area (Å²) in [7, 11) is 1.65. The van der Waals surface area contributed by atoms with Gasteiger partial charge in [0.1, 0.15) is 6.61 Å². The molecule has 5 nitrogen and oxygen atoms in total. The van der Waals surface area contributed by atoms with Gasteiger partial charge >= 0.3 is 0 Å². The number of amides is 1. The van der Waals surface area contributed by atoms with Crippen molar-refractivity contribution in [2.45, 2.75) is 26.4 Å². The van der Waals surface area contributed by atoms with Crippen LogP contribution < -0.4 is 9.47 Å². The molecule has 1 saturated heterocycles. The standard InChI is InChI=1S/C22H28N2O3/c1-17-9-10-20(21(15-17)26-3)27-14-13-23-11-12-24(22(25)18(23)2)16-19-7-5-4-6-8-19/h4-10,15,18H,11-14,16H2,1-3H3. The molecule has 5 heteroatoms. The van der Waals surface area contributed by atoms with Crippen LogP contribution in [0.25, 0.3) is 0 Å². The van der Waals surface area contributed by atoms with Gasteiger partial charge in [-0.25, -0.2) is 0 Å². The van der Waals surface area contributed by atoms with Crippen LogP contribution in [0.15, 0.2) is 48.5 Å². The largest absolute Gasteiger partial charge is 0.493 e. The highest BCUT2D eigenvalue weighted by atomic mass is 16.5. The number of piperazine rings is 1. The number of hydrogen-bond donors (Lipinski definition) is 0. The topological polar surface area (TPSA) is 42.0 Å². The molecule has 0 aromatic heterocycles. The Bertz CT molecular complexity index is 763. The molecule has 1 unspecified atom stereocenters. The van der Waals surface area contributed by atoms with Crippen LogP contribution >= 0.6 is 0 Å². The van der Waals surface area contributed by atoms with E-state index in [-0.39, 0.29) is 11.9 Å². The van der Waals surface area contributed by atoms with E-state index in [1.165, 1.54) is 5.56 Å². The Kier molecular flexibility index (Phi) is 6.35. The lowest BCUT2D eigenvalue weighted by Crippen LogP contribution is -2.56. The zero-order valence-corrected chi connectivity index (χ0v) is 16.4. The van der Waals surface area contributed by atoms with E-state index in [0.29, 0.717) is 19.7 Å². The molecule has 27 heavy (non-hydrogen) atoms. The molecule has 0 radical (unpaired) electrons. The lowest BCUT2D eigenvalue weighted by molar-refractivity contribution is -0.141. The summed E-state index contributed by atoms with van der Waals surface area (Å²) in [5.74, 6) is 1.66. The molecule has 1 amide bonds. The molecule has 1 fully saturated rings. The van der Waals surface area contributed by atoms with E-state index in [1.807, 2.05) is 55.1 Å². The molecular weight excluding hydrogens is 340 g/mol. The van der Waals surface area contributed by atoms with Crippen molar-refractivity contribution in [1.29, 1.82) is 0 Å². The van der Waals surface area contributed by atoms with E-state index in [2.05, 4.69) is 17.0 Å². The predicted molar refractivity (Wildman–Crippen MR) is 106 cm³/mol. The van der Waals surface area contributed by atoms with Gasteiger partial charge < -0.3 is 14.4 Å². The van der Waals surface area contributed by atoms with E-state index < -0.39 is 0 Å². The van der Waals surface area contributed by atoms with E-state index in [9.17, 15) is 4.79 Å². The molecule has 0 saturated carbocycles. The molecule has 1 aliphatic rings. The van der Waals surface area contributed by atoms with Crippen molar-refractivity contribution in [2.24, 2.45) is 0 Å². The number of nitrogens with zero attached hydrogens (tertiary/aromatic N) is 2. The third kappa shape index (κ3) is 4.80. The number of aryl methyl sites for hydroxylation is 1. The van der Waals surface area contributed by atoms with E-state index in [0.717, 1.165) is 30.2 Å². The van der Waals surface area contributed by atoms with Gasteiger partial charge in [0.25, 0.3) is 0 Å². The molecule has 0 bridgehead atoms. The summed E-state index contributed by atoms with van der Waals surface area (Å²) in [6.07, 6.45) is 0. The zero-order chi connectivity index (χ0) is 19.2. The average Bonchev–Trinajstić information content (AvgIpc) is 2.69. The third-order valence-corrected chi connectivity index (χ3v) is 5.05. The minimum atomic E-state index is -0.133. The maximum absolute atomic E-state index is 12.7. The molecule has 2 aromatic rings. The number of hydrogen-bond acceptors (Lipinski definition) is 4. The fraction of sp³-hybridized carbons (Fsp3) is 0.409. The average molecular weight is 368 g/mol. The second-order valence-electron chi connectivity index (χ2n) is 6.96. The zero-order valence-electron chi connectivity index (χ0n) is 16.4. The summed E-state index contributed by atoms with van der Waals surface area (Å²) in [6, 6.07) is 15.9. The van der Waals surface area contributed by atoms with Crippen LogP contribution in [0, 0.1) is 6.92 Å². The van der Waals surface area contributed by atoms with Crippen molar-refractivity contribution in [2.75, 3.05) is 33.4 Å². The summed E-state index contributed by atoms with van der Waals surface area (Å²) in [5, 5.41) is 0. The Labute approximate surface area is 161 Å². The molecule has 1 heterocycles. The van der Waals surface area contributed by atoms with Gasteiger partial charge in [0, 0.05) is 26.2 Å². The number of carbonyl (C=O) groups excluding carboxylic acids is 1. The van der Waals surface area contributed by atoms with Gasteiger partial charge in [-0.3, -0.25) is 9.69 Å². The number of ether oxygens (including phenoxy) is 2. The van der Waals surface area contributed by atoms with Crippen LogP contribution in [-0.2, 0) is 11.3 Å². The van der Waals surface area contributed by atoms with Gasteiger partial charge in [-0.05, 0) is 37.1 Å². The van der Waals surface area contributed by atoms with Crippen molar-refractivity contribution in [3.05, 3.63) is 59.7 Å². The minimum Gasteiger partial charge on any atom is -0.493 e. The first-order valence-electron chi connectivity index (χ1n) is 9.42. The molecule has 0 N–H and O–H groups in total. The van der Waals surface area contributed by atoms with Crippen molar-refractivity contribution >= 4 is 5.91 Å². The fourth-order valence-corrected chi connectivity index (χ4v) is 3.41. The fourth-order valence-electron chi connectivity index (χ4n) is 3.41. The van der Waals surface area contributed by atoms with Gasteiger partial charge in [0.05, 0.1) is 13.2 Å². The van der Waals surface area contributed by atoms with Crippen molar-refractivity contribution in [3.8, 4) is 11.5 Å². The van der Waals surface area contributed by atoms with Gasteiger partial charge in [-0.2, -0.15) is 0 Å². The summed E-state index contributed by atoms with van der Waals surface area (Å²) < 4.78 is 11.3. The van der Waals surface area contributed by atoms with Crippen molar-refractivity contribution < 1.29 is 14.3 Å². The van der Waals surface area contributed by atoms with Crippen molar-refractivity contribution in [1.82, 2.24) is 9.80 Å². The maximum atomic E-state index is 12.7. The monoisotopic (exact) mass is 368 g/mol. The minimum absolute atomic E-state index is 0.133. The summed E-state index contributed by atoms with van der Waals surface area (Å²) in [6.45, 7) is 7.51. The third-order valence-electron chi connectivity index (χ3n) is 5.05. The molecule has 3 rings (SSSR count). The summed E-state index contributed by atoms with van der Waals surface area (Å²) in [4.78, 5) is 16.9. The number of carbonyl (C=O) groups is 1. The van der Waals surface area contributed by atoms with Crippen LogP contribution in [-0.4, -0.2) is 55.1 Å². The maximum Gasteiger partial charge on any atom is 0.239 e. The number of benzene rings is 2. The van der Waals surface area contributed by atoms with Crippen LogP contribution in [0.3, 0.4) is 0 Å². The van der Waals surface area contributed by atoms with Gasteiger partial charge in [-0.15, -0.1) is 0 Å². The van der Waals surface area contributed by atoms with Crippen LogP contribution in [0.5, 0.6) is 11.5 Å². The second-order valence-corrected chi connectivity index (χ2v) is 6.96. The smallest absolute Gasteiger partial charge is 0.239 e.